The molecule has 0 bridgehead atoms. The first-order chi connectivity index (χ1) is 15.5. The van der Waals surface area contributed by atoms with E-state index in [2.05, 4.69) is 47.6 Å². The SMILES string of the molecule is CC(C)C[C@H]1c2c(O)c(C=O)c(O)c(C=O)c2O[C@H]2[C@]1(C)CC[C@@]21C=C(C(C)C)CC[C@@H]1C. The molecule has 1 aliphatic heterocycles. The number of allylic oxidation sites excluding steroid dienone is 1. The molecule has 0 unspecified atom stereocenters. The number of ether oxygens (including phenoxy) is 1. The molecule has 0 saturated heterocycles. The standard InChI is InChI=1S/C28H38O5/c1-15(2)11-21-22-24(32)19(13-29)23(31)20(14-30)25(22)33-26-27(21,6)9-10-28(26)12-18(16(3)4)8-7-17(28)5/h12-17,21,26,31-32H,7-11H2,1-6H3/t17-,21-,26-,27+,28-/m0/s1. The van der Waals surface area contributed by atoms with E-state index < -0.39 is 5.75 Å². The van der Waals surface area contributed by atoms with Crippen LogP contribution in [0, 0.1) is 28.6 Å². The van der Waals surface area contributed by atoms with Gasteiger partial charge in [-0.25, -0.2) is 0 Å². The molecule has 0 amide bonds. The number of phenolic OH excluding ortho intramolecular Hbond substituents is 2. The minimum absolute atomic E-state index is 0.0284. The zero-order valence-corrected chi connectivity index (χ0v) is 20.8. The summed E-state index contributed by atoms with van der Waals surface area (Å²) in [5.41, 5.74) is 1.29. The average molecular weight is 455 g/mol. The lowest BCUT2D eigenvalue weighted by atomic mass is 9.59. The molecule has 5 heteroatoms. The van der Waals surface area contributed by atoms with Gasteiger partial charge in [0, 0.05) is 22.3 Å². The van der Waals surface area contributed by atoms with Crippen LogP contribution in [0.15, 0.2) is 11.6 Å². The minimum Gasteiger partial charge on any atom is -0.507 e. The second-order valence-electron chi connectivity index (χ2n) is 11.6. The minimum atomic E-state index is -0.495. The van der Waals surface area contributed by atoms with Gasteiger partial charge in [-0.05, 0) is 49.9 Å². The molecule has 1 fully saturated rings. The van der Waals surface area contributed by atoms with Crippen molar-refractivity contribution in [2.24, 2.45) is 28.6 Å². The second kappa shape index (κ2) is 8.18. The molecule has 33 heavy (non-hydrogen) atoms. The maximum absolute atomic E-state index is 12.1. The van der Waals surface area contributed by atoms with Crippen molar-refractivity contribution in [2.75, 3.05) is 0 Å². The first-order valence-corrected chi connectivity index (χ1v) is 12.4. The number of hydrogen-bond acceptors (Lipinski definition) is 5. The summed E-state index contributed by atoms with van der Waals surface area (Å²) in [6, 6.07) is 0. The number of aromatic hydroxyl groups is 2. The fraction of sp³-hybridized carbons (Fsp3) is 0.643. The Morgan fingerprint density at radius 3 is 2.33 bits per heavy atom. The van der Waals surface area contributed by atoms with Crippen molar-refractivity contribution in [1.82, 2.24) is 0 Å². The van der Waals surface area contributed by atoms with Crippen LogP contribution in [0.4, 0.5) is 0 Å². The Balaban J connectivity index is 2.00. The summed E-state index contributed by atoms with van der Waals surface area (Å²) >= 11 is 0. The molecule has 1 saturated carbocycles. The van der Waals surface area contributed by atoms with Crippen molar-refractivity contribution in [3.8, 4) is 17.2 Å². The summed E-state index contributed by atoms with van der Waals surface area (Å²) in [6.07, 6.45) is 8.19. The lowest BCUT2D eigenvalue weighted by Gasteiger charge is -2.52. The largest absolute Gasteiger partial charge is 0.507 e. The van der Waals surface area contributed by atoms with Gasteiger partial charge < -0.3 is 14.9 Å². The van der Waals surface area contributed by atoms with Crippen molar-refractivity contribution < 1.29 is 24.5 Å². The van der Waals surface area contributed by atoms with Gasteiger partial charge in [0.05, 0.1) is 11.1 Å². The number of phenols is 2. The summed E-state index contributed by atoms with van der Waals surface area (Å²) in [5, 5.41) is 21.8. The van der Waals surface area contributed by atoms with Crippen LogP contribution in [0.25, 0.3) is 0 Å². The van der Waals surface area contributed by atoms with E-state index in [4.69, 9.17) is 4.74 Å². The molecule has 1 spiro atoms. The van der Waals surface area contributed by atoms with E-state index in [-0.39, 0.29) is 45.5 Å². The summed E-state index contributed by atoms with van der Waals surface area (Å²) in [7, 11) is 0. The Morgan fingerprint density at radius 1 is 1.09 bits per heavy atom. The van der Waals surface area contributed by atoms with Crippen molar-refractivity contribution in [3.05, 3.63) is 28.3 Å². The lowest BCUT2D eigenvalue weighted by molar-refractivity contribution is -0.0359. The molecule has 1 aromatic carbocycles. The Morgan fingerprint density at radius 2 is 1.76 bits per heavy atom. The number of hydrogen-bond donors (Lipinski definition) is 2. The highest BCUT2D eigenvalue weighted by Crippen LogP contribution is 2.68. The van der Waals surface area contributed by atoms with E-state index >= 15 is 0 Å². The van der Waals surface area contributed by atoms with Gasteiger partial charge in [-0.2, -0.15) is 0 Å². The van der Waals surface area contributed by atoms with Gasteiger partial charge >= 0.3 is 0 Å². The summed E-state index contributed by atoms with van der Waals surface area (Å²) in [6.45, 7) is 13.3. The molecule has 2 aliphatic carbocycles. The third-order valence-electron chi connectivity index (χ3n) is 9.00. The van der Waals surface area contributed by atoms with Crippen LogP contribution < -0.4 is 4.74 Å². The Bertz CT molecular complexity index is 1010. The highest BCUT2D eigenvalue weighted by molar-refractivity contribution is 5.95. The first kappa shape index (κ1) is 23.8. The van der Waals surface area contributed by atoms with Crippen molar-refractivity contribution in [3.63, 3.8) is 0 Å². The molecular weight excluding hydrogens is 416 g/mol. The molecule has 5 nitrogen and oxygen atoms in total. The van der Waals surface area contributed by atoms with Crippen molar-refractivity contribution >= 4 is 12.6 Å². The van der Waals surface area contributed by atoms with Gasteiger partial charge in [0.2, 0.25) is 0 Å². The van der Waals surface area contributed by atoms with Crippen LogP contribution in [0.3, 0.4) is 0 Å². The normalized spacial score (nSPS) is 33.0. The molecule has 4 rings (SSSR count). The smallest absolute Gasteiger partial charge is 0.157 e. The number of carbonyl (C=O) groups excluding carboxylic acids is 2. The third-order valence-corrected chi connectivity index (χ3v) is 9.00. The Kier molecular flexibility index (Phi) is 5.91. The average Bonchev–Trinajstić information content (AvgIpc) is 3.04. The predicted molar refractivity (Wildman–Crippen MR) is 128 cm³/mol. The van der Waals surface area contributed by atoms with Gasteiger partial charge in [0.1, 0.15) is 23.4 Å². The second-order valence-corrected chi connectivity index (χ2v) is 11.6. The number of rotatable bonds is 5. The van der Waals surface area contributed by atoms with E-state index in [9.17, 15) is 19.8 Å². The predicted octanol–water partition coefficient (Wildman–Crippen LogP) is 6.41. The first-order valence-electron chi connectivity index (χ1n) is 12.4. The van der Waals surface area contributed by atoms with E-state index in [0.717, 1.165) is 32.1 Å². The topological polar surface area (TPSA) is 83.8 Å². The van der Waals surface area contributed by atoms with Crippen LogP contribution in [0.5, 0.6) is 17.2 Å². The Hall–Kier alpha value is -2.30. The zero-order chi connectivity index (χ0) is 24.3. The van der Waals surface area contributed by atoms with Crippen LogP contribution in [0.1, 0.15) is 106 Å². The van der Waals surface area contributed by atoms with Gasteiger partial charge in [-0.15, -0.1) is 0 Å². The van der Waals surface area contributed by atoms with Crippen LogP contribution >= 0.6 is 0 Å². The fourth-order valence-electron chi connectivity index (χ4n) is 7.02. The molecule has 5 atom stereocenters. The monoisotopic (exact) mass is 454 g/mol. The molecule has 1 heterocycles. The quantitative estimate of drug-likeness (QED) is 0.397. The zero-order valence-electron chi connectivity index (χ0n) is 20.8. The van der Waals surface area contributed by atoms with E-state index in [0.29, 0.717) is 35.9 Å². The number of carbonyl (C=O) groups is 2. The molecule has 2 N–H and O–H groups in total. The highest BCUT2D eigenvalue weighted by atomic mass is 16.5. The van der Waals surface area contributed by atoms with Crippen LogP contribution in [-0.4, -0.2) is 28.9 Å². The molecular formula is C28H38O5. The van der Waals surface area contributed by atoms with Gasteiger partial charge in [0.25, 0.3) is 0 Å². The maximum Gasteiger partial charge on any atom is 0.157 e. The fourth-order valence-corrected chi connectivity index (χ4v) is 7.02. The Labute approximate surface area is 197 Å². The van der Waals surface area contributed by atoms with Gasteiger partial charge in [-0.1, -0.05) is 53.2 Å². The molecule has 0 radical (unpaired) electrons. The number of benzene rings is 1. The van der Waals surface area contributed by atoms with E-state index in [1.807, 2.05) is 0 Å². The van der Waals surface area contributed by atoms with Gasteiger partial charge in [0.15, 0.2) is 12.6 Å². The summed E-state index contributed by atoms with van der Waals surface area (Å²) in [5.74, 6) is 0.662. The molecule has 180 valence electrons. The molecule has 0 aromatic heterocycles. The maximum atomic E-state index is 12.1. The lowest BCUT2D eigenvalue weighted by Crippen LogP contribution is -2.51. The molecule has 3 aliphatic rings. The van der Waals surface area contributed by atoms with Crippen LogP contribution in [0.2, 0.25) is 0 Å². The van der Waals surface area contributed by atoms with Crippen molar-refractivity contribution in [2.45, 2.75) is 85.7 Å². The highest BCUT2D eigenvalue weighted by Gasteiger charge is 2.64. The summed E-state index contributed by atoms with van der Waals surface area (Å²) < 4.78 is 6.73. The van der Waals surface area contributed by atoms with Crippen molar-refractivity contribution in [1.29, 1.82) is 0 Å². The number of fused-ring (bicyclic) bond motifs is 3. The number of aldehydes is 2. The molecule has 1 aromatic rings. The van der Waals surface area contributed by atoms with Gasteiger partial charge in [-0.3, -0.25) is 9.59 Å². The third kappa shape index (κ3) is 3.33. The van der Waals surface area contributed by atoms with E-state index in [1.54, 1.807) is 0 Å². The van der Waals surface area contributed by atoms with E-state index in [1.165, 1.54) is 5.57 Å². The summed E-state index contributed by atoms with van der Waals surface area (Å²) in [4.78, 5) is 23.8. The van der Waals surface area contributed by atoms with Crippen LogP contribution in [-0.2, 0) is 0 Å².